The summed E-state index contributed by atoms with van der Waals surface area (Å²) < 4.78 is 2.39. The number of hydrogen-bond acceptors (Lipinski definition) is 1. The van der Waals surface area contributed by atoms with Gasteiger partial charge in [0.1, 0.15) is 0 Å². The third-order valence-electron chi connectivity index (χ3n) is 13.0. The largest absolute Gasteiger partial charge is 0.310 e. The minimum absolute atomic E-state index is 1.09. The van der Waals surface area contributed by atoms with Gasteiger partial charge in [-0.25, -0.2) is 0 Å². The first kappa shape index (κ1) is 38.9. The number of anilines is 3. The standard InChI is InChI=1S/C64H44N2/c1-3-14-45(15-4-1)47-28-30-48(31-29-47)49-34-38-57(39-35-49)65(58-40-36-50(37-41-58)54-33-32-46-16-7-8-17-51(46)42-54)59-23-12-19-53(44-59)52-18-11-20-55(43-52)60-25-13-27-63-64(60)61-24-9-10-26-62(61)66(63)56-21-5-2-6-22-56/h1-44H. The van der Waals surface area contributed by atoms with Crippen molar-refractivity contribution in [1.29, 1.82) is 0 Å². The summed E-state index contributed by atoms with van der Waals surface area (Å²) in [5.74, 6) is 0. The Morgan fingerprint density at radius 3 is 1.44 bits per heavy atom. The first-order valence-corrected chi connectivity index (χ1v) is 22.7. The molecule has 0 saturated heterocycles. The minimum atomic E-state index is 1.09. The van der Waals surface area contributed by atoms with E-state index in [9.17, 15) is 0 Å². The molecular formula is C64H44N2. The van der Waals surface area contributed by atoms with Gasteiger partial charge >= 0.3 is 0 Å². The van der Waals surface area contributed by atoms with Gasteiger partial charge in [0.25, 0.3) is 0 Å². The first-order valence-electron chi connectivity index (χ1n) is 22.7. The third-order valence-corrected chi connectivity index (χ3v) is 13.0. The summed E-state index contributed by atoms with van der Waals surface area (Å²) in [4.78, 5) is 2.37. The van der Waals surface area contributed by atoms with Crippen LogP contribution in [0.15, 0.2) is 267 Å². The molecular weight excluding hydrogens is 797 g/mol. The molecule has 12 aromatic rings. The van der Waals surface area contributed by atoms with Crippen LogP contribution in [0.5, 0.6) is 0 Å². The molecule has 0 N–H and O–H groups in total. The normalized spacial score (nSPS) is 11.3. The van der Waals surface area contributed by atoms with E-state index in [0.717, 1.165) is 28.3 Å². The quantitative estimate of drug-likeness (QED) is 0.141. The summed E-state index contributed by atoms with van der Waals surface area (Å²) in [6.07, 6.45) is 0. The number of nitrogens with zero attached hydrogens (tertiary/aromatic N) is 2. The van der Waals surface area contributed by atoms with Crippen molar-refractivity contribution in [3.8, 4) is 61.3 Å². The monoisotopic (exact) mass is 840 g/mol. The third kappa shape index (κ3) is 7.21. The molecule has 1 aromatic heterocycles. The first-order chi connectivity index (χ1) is 32.7. The average Bonchev–Trinajstić information content (AvgIpc) is 3.74. The van der Waals surface area contributed by atoms with E-state index in [1.165, 1.54) is 82.6 Å². The lowest BCUT2D eigenvalue weighted by atomic mass is 9.95. The molecule has 310 valence electrons. The molecule has 0 aliphatic rings. The van der Waals surface area contributed by atoms with E-state index in [4.69, 9.17) is 0 Å². The summed E-state index contributed by atoms with van der Waals surface area (Å²) in [5, 5.41) is 5.00. The Kier molecular flexibility index (Phi) is 9.89. The molecule has 0 spiro atoms. The van der Waals surface area contributed by atoms with Crippen LogP contribution in [0.2, 0.25) is 0 Å². The maximum Gasteiger partial charge on any atom is 0.0547 e. The summed E-state index contributed by atoms with van der Waals surface area (Å²) in [7, 11) is 0. The van der Waals surface area contributed by atoms with E-state index >= 15 is 0 Å². The van der Waals surface area contributed by atoms with Crippen LogP contribution in [-0.2, 0) is 0 Å². The smallest absolute Gasteiger partial charge is 0.0547 e. The molecule has 0 radical (unpaired) electrons. The number of hydrogen-bond donors (Lipinski definition) is 0. The van der Waals surface area contributed by atoms with Crippen LogP contribution in [0.25, 0.3) is 93.9 Å². The maximum atomic E-state index is 2.39. The fraction of sp³-hybridized carbons (Fsp3) is 0. The van der Waals surface area contributed by atoms with Gasteiger partial charge in [-0.15, -0.1) is 0 Å². The zero-order valence-electron chi connectivity index (χ0n) is 36.3. The van der Waals surface area contributed by atoms with Gasteiger partial charge in [0.15, 0.2) is 0 Å². The average molecular weight is 841 g/mol. The van der Waals surface area contributed by atoms with Gasteiger partial charge in [-0.2, -0.15) is 0 Å². The van der Waals surface area contributed by atoms with Gasteiger partial charge in [-0.3, -0.25) is 0 Å². The lowest BCUT2D eigenvalue weighted by Gasteiger charge is -2.26. The topological polar surface area (TPSA) is 8.17 Å². The molecule has 2 heteroatoms. The zero-order valence-corrected chi connectivity index (χ0v) is 36.3. The van der Waals surface area contributed by atoms with E-state index in [0.29, 0.717) is 0 Å². The van der Waals surface area contributed by atoms with Crippen molar-refractivity contribution < 1.29 is 0 Å². The number of rotatable bonds is 9. The Morgan fingerprint density at radius 1 is 0.258 bits per heavy atom. The highest BCUT2D eigenvalue weighted by Crippen LogP contribution is 2.42. The Morgan fingerprint density at radius 2 is 0.727 bits per heavy atom. The second-order valence-electron chi connectivity index (χ2n) is 17.0. The molecule has 66 heavy (non-hydrogen) atoms. The SMILES string of the molecule is c1ccc(-c2ccc(-c3ccc(N(c4ccc(-c5ccc6ccccc6c5)cc4)c4cccc(-c5cccc(-c6cccc7c6c6ccccc6n7-c6ccccc6)c5)c4)cc3)cc2)cc1. The van der Waals surface area contributed by atoms with Crippen LogP contribution in [0.4, 0.5) is 17.1 Å². The van der Waals surface area contributed by atoms with E-state index in [1.54, 1.807) is 0 Å². The van der Waals surface area contributed by atoms with Crippen LogP contribution < -0.4 is 4.90 Å². The van der Waals surface area contributed by atoms with E-state index in [2.05, 4.69) is 276 Å². The van der Waals surface area contributed by atoms with Crippen LogP contribution in [0, 0.1) is 0 Å². The summed E-state index contributed by atoms with van der Waals surface area (Å²) in [6, 6.07) is 96.8. The van der Waals surface area contributed by atoms with Gasteiger partial charge in [-0.05, 0) is 139 Å². The molecule has 0 amide bonds. The minimum Gasteiger partial charge on any atom is -0.310 e. The lowest BCUT2D eigenvalue weighted by molar-refractivity contribution is 1.18. The second-order valence-corrected chi connectivity index (χ2v) is 17.0. The van der Waals surface area contributed by atoms with Crippen molar-refractivity contribution in [2.45, 2.75) is 0 Å². The van der Waals surface area contributed by atoms with Crippen LogP contribution in [0.3, 0.4) is 0 Å². The molecule has 0 fully saturated rings. The Labute approximate surface area is 385 Å². The highest BCUT2D eigenvalue weighted by atomic mass is 15.1. The highest BCUT2D eigenvalue weighted by molar-refractivity contribution is 6.16. The molecule has 0 saturated carbocycles. The van der Waals surface area contributed by atoms with Gasteiger partial charge in [0, 0.05) is 33.5 Å². The lowest BCUT2D eigenvalue weighted by Crippen LogP contribution is -2.10. The molecule has 2 nitrogen and oxygen atoms in total. The zero-order chi connectivity index (χ0) is 43.8. The molecule has 0 unspecified atom stereocenters. The van der Waals surface area contributed by atoms with Gasteiger partial charge in [-0.1, -0.05) is 194 Å². The Bertz CT molecular complexity index is 3660. The fourth-order valence-corrected chi connectivity index (χ4v) is 9.71. The summed E-state index contributed by atoms with van der Waals surface area (Å²) in [6.45, 7) is 0. The fourth-order valence-electron chi connectivity index (χ4n) is 9.71. The van der Waals surface area contributed by atoms with Gasteiger partial charge in [0.05, 0.1) is 11.0 Å². The van der Waals surface area contributed by atoms with E-state index in [-0.39, 0.29) is 0 Å². The van der Waals surface area contributed by atoms with Crippen LogP contribution >= 0.6 is 0 Å². The van der Waals surface area contributed by atoms with Crippen molar-refractivity contribution in [2.24, 2.45) is 0 Å². The predicted octanol–water partition coefficient (Wildman–Crippen LogP) is 17.7. The number of fused-ring (bicyclic) bond motifs is 4. The molecule has 0 aliphatic heterocycles. The molecule has 12 rings (SSSR count). The number of aromatic nitrogens is 1. The highest BCUT2D eigenvalue weighted by Gasteiger charge is 2.18. The summed E-state index contributed by atoms with van der Waals surface area (Å²) >= 11 is 0. The van der Waals surface area contributed by atoms with Crippen molar-refractivity contribution >= 4 is 49.6 Å². The molecule has 0 aliphatic carbocycles. The van der Waals surface area contributed by atoms with Crippen molar-refractivity contribution in [3.63, 3.8) is 0 Å². The van der Waals surface area contributed by atoms with Crippen molar-refractivity contribution in [3.05, 3.63) is 267 Å². The second kappa shape index (κ2) is 16.8. The number of benzene rings is 11. The molecule has 1 heterocycles. The Hall–Kier alpha value is -8.72. The van der Waals surface area contributed by atoms with Crippen LogP contribution in [0.1, 0.15) is 0 Å². The predicted molar refractivity (Wildman–Crippen MR) is 280 cm³/mol. The summed E-state index contributed by atoms with van der Waals surface area (Å²) in [5.41, 5.74) is 18.8. The molecule has 0 bridgehead atoms. The number of para-hydroxylation sites is 2. The van der Waals surface area contributed by atoms with Gasteiger partial charge in [0.2, 0.25) is 0 Å². The van der Waals surface area contributed by atoms with Crippen molar-refractivity contribution in [1.82, 2.24) is 4.57 Å². The van der Waals surface area contributed by atoms with Crippen LogP contribution in [-0.4, -0.2) is 4.57 Å². The maximum absolute atomic E-state index is 2.39. The Balaban J connectivity index is 0.927. The van der Waals surface area contributed by atoms with Crippen molar-refractivity contribution in [2.75, 3.05) is 4.90 Å². The van der Waals surface area contributed by atoms with E-state index < -0.39 is 0 Å². The van der Waals surface area contributed by atoms with Gasteiger partial charge < -0.3 is 9.47 Å². The molecule has 11 aromatic carbocycles. The molecule has 0 atom stereocenters. The van der Waals surface area contributed by atoms with E-state index in [1.807, 2.05) is 0 Å².